The molecule has 2 aromatic rings. The van der Waals surface area contributed by atoms with E-state index in [0.717, 1.165) is 55.9 Å². The van der Waals surface area contributed by atoms with Gasteiger partial charge in [-0.3, -0.25) is 4.90 Å². The van der Waals surface area contributed by atoms with Crippen LogP contribution < -0.4 is 19.5 Å². The predicted octanol–water partition coefficient (Wildman–Crippen LogP) is 4.12. The highest BCUT2D eigenvalue weighted by molar-refractivity contribution is 5.55. The molecule has 5 nitrogen and oxygen atoms in total. The second kappa shape index (κ2) is 9.57. The zero-order valence-electron chi connectivity index (χ0n) is 17.4. The van der Waals surface area contributed by atoms with E-state index in [9.17, 15) is 13.2 Å². The number of methoxy groups -OCH3 is 3. The molecular weight excluding hydrogens is 397 g/mol. The van der Waals surface area contributed by atoms with Crippen molar-refractivity contribution in [2.75, 3.05) is 47.5 Å². The first-order valence-electron chi connectivity index (χ1n) is 9.81. The number of nitrogens with one attached hydrogen (secondary N) is 1. The lowest BCUT2D eigenvalue weighted by molar-refractivity contribution is -0.137. The summed E-state index contributed by atoms with van der Waals surface area (Å²) in [6, 6.07) is 8.85. The van der Waals surface area contributed by atoms with Gasteiger partial charge in [0.25, 0.3) is 0 Å². The van der Waals surface area contributed by atoms with Gasteiger partial charge in [-0.05, 0) is 48.4 Å². The molecule has 0 radical (unpaired) electrons. The van der Waals surface area contributed by atoms with Gasteiger partial charge in [-0.2, -0.15) is 13.2 Å². The number of rotatable bonds is 6. The van der Waals surface area contributed by atoms with E-state index in [1.807, 2.05) is 12.1 Å². The van der Waals surface area contributed by atoms with E-state index >= 15 is 0 Å². The largest absolute Gasteiger partial charge is 0.493 e. The summed E-state index contributed by atoms with van der Waals surface area (Å²) in [6.07, 6.45) is -3.42. The molecule has 0 aliphatic carbocycles. The molecule has 3 rings (SSSR count). The summed E-state index contributed by atoms with van der Waals surface area (Å²) in [5, 5.41) is 3.37. The van der Waals surface area contributed by atoms with Gasteiger partial charge < -0.3 is 19.5 Å². The summed E-state index contributed by atoms with van der Waals surface area (Å²) >= 11 is 0. The molecule has 8 heteroatoms. The summed E-state index contributed by atoms with van der Waals surface area (Å²) in [7, 11) is 4.63. The van der Waals surface area contributed by atoms with Crippen molar-refractivity contribution in [2.24, 2.45) is 0 Å². The highest BCUT2D eigenvalue weighted by atomic mass is 19.4. The Balaban J connectivity index is 2.10. The molecule has 1 unspecified atom stereocenters. The van der Waals surface area contributed by atoms with Crippen molar-refractivity contribution in [3.8, 4) is 17.2 Å². The Kier molecular flexibility index (Phi) is 7.10. The van der Waals surface area contributed by atoms with E-state index < -0.39 is 11.7 Å². The van der Waals surface area contributed by atoms with Crippen LogP contribution >= 0.6 is 0 Å². The maximum Gasteiger partial charge on any atom is 0.416 e. The SMILES string of the molecule is COc1cc(C(c2ccc(C(F)(F)F)cc2)N2CCCNCC2)cc(OC)c1OC. The summed E-state index contributed by atoms with van der Waals surface area (Å²) in [6.45, 7) is 3.30. The van der Waals surface area contributed by atoms with Crippen molar-refractivity contribution < 1.29 is 27.4 Å². The molecule has 1 heterocycles. The average Bonchev–Trinajstić information content (AvgIpc) is 3.02. The third kappa shape index (κ3) is 4.82. The standard InChI is InChI=1S/C22H27F3N2O3/c1-28-18-13-16(14-19(29-2)21(18)30-3)20(27-11-4-9-26-10-12-27)15-5-7-17(8-6-15)22(23,24)25/h5-8,13-14,20,26H,4,9-12H2,1-3H3. The number of hydrogen-bond donors (Lipinski definition) is 1. The van der Waals surface area contributed by atoms with Crippen molar-refractivity contribution in [1.29, 1.82) is 0 Å². The molecule has 1 N–H and O–H groups in total. The Hall–Kier alpha value is -2.45. The highest BCUT2D eigenvalue weighted by Crippen LogP contribution is 2.42. The van der Waals surface area contributed by atoms with Crippen LogP contribution in [0.5, 0.6) is 17.2 Å². The van der Waals surface area contributed by atoms with Gasteiger partial charge in [0.1, 0.15) is 0 Å². The zero-order valence-corrected chi connectivity index (χ0v) is 17.4. The molecule has 30 heavy (non-hydrogen) atoms. The van der Waals surface area contributed by atoms with Gasteiger partial charge in [0.15, 0.2) is 11.5 Å². The first-order valence-corrected chi connectivity index (χ1v) is 9.81. The van der Waals surface area contributed by atoms with Crippen LogP contribution in [0.2, 0.25) is 0 Å². The molecule has 1 aliphatic heterocycles. The first kappa shape index (κ1) is 22.2. The Morgan fingerprint density at radius 2 is 1.50 bits per heavy atom. The van der Waals surface area contributed by atoms with Gasteiger partial charge in [0.05, 0.1) is 32.9 Å². The van der Waals surface area contributed by atoms with Crippen molar-refractivity contribution >= 4 is 0 Å². The Bertz CT molecular complexity index is 808. The smallest absolute Gasteiger partial charge is 0.416 e. The molecule has 0 bridgehead atoms. The van der Waals surface area contributed by atoms with Crippen molar-refractivity contribution in [2.45, 2.75) is 18.6 Å². The Morgan fingerprint density at radius 3 is 2.03 bits per heavy atom. The van der Waals surface area contributed by atoms with E-state index in [-0.39, 0.29) is 6.04 Å². The number of nitrogens with zero attached hydrogens (tertiary/aromatic N) is 1. The maximum absolute atomic E-state index is 13.1. The first-order chi connectivity index (χ1) is 14.4. The van der Waals surface area contributed by atoms with Crippen LogP contribution in [0.25, 0.3) is 0 Å². The average molecular weight is 424 g/mol. The molecule has 0 aromatic heterocycles. The van der Waals surface area contributed by atoms with Gasteiger partial charge in [0, 0.05) is 19.6 Å². The van der Waals surface area contributed by atoms with E-state index in [0.29, 0.717) is 17.2 Å². The van der Waals surface area contributed by atoms with Crippen LogP contribution in [0.1, 0.15) is 29.2 Å². The van der Waals surface area contributed by atoms with Gasteiger partial charge in [-0.15, -0.1) is 0 Å². The minimum absolute atomic E-state index is 0.249. The lowest BCUT2D eigenvalue weighted by Gasteiger charge is -2.32. The molecule has 1 atom stereocenters. The summed E-state index contributed by atoms with van der Waals surface area (Å²) in [4.78, 5) is 2.27. The van der Waals surface area contributed by atoms with Crippen molar-refractivity contribution in [3.63, 3.8) is 0 Å². The van der Waals surface area contributed by atoms with E-state index in [1.54, 1.807) is 26.4 Å². The van der Waals surface area contributed by atoms with Gasteiger partial charge in [0.2, 0.25) is 5.75 Å². The molecule has 164 valence electrons. The quantitative estimate of drug-likeness (QED) is 0.756. The summed E-state index contributed by atoms with van der Waals surface area (Å²) in [5.41, 5.74) is 0.984. The second-order valence-electron chi connectivity index (χ2n) is 7.12. The molecule has 0 saturated carbocycles. The van der Waals surface area contributed by atoms with E-state index in [1.165, 1.54) is 7.11 Å². The molecule has 1 saturated heterocycles. The third-order valence-electron chi connectivity index (χ3n) is 5.30. The Labute approximate surface area is 174 Å². The van der Waals surface area contributed by atoms with Crippen LogP contribution in [-0.4, -0.2) is 52.4 Å². The molecule has 0 spiro atoms. The van der Waals surface area contributed by atoms with Gasteiger partial charge in [-0.25, -0.2) is 0 Å². The third-order valence-corrected chi connectivity index (χ3v) is 5.30. The summed E-state index contributed by atoms with van der Waals surface area (Å²) in [5.74, 6) is 1.50. The van der Waals surface area contributed by atoms with Gasteiger partial charge >= 0.3 is 6.18 Å². The molecule has 1 fully saturated rings. The normalized spacial score (nSPS) is 16.6. The lowest BCUT2D eigenvalue weighted by Crippen LogP contribution is -2.33. The Morgan fingerprint density at radius 1 is 0.867 bits per heavy atom. The van der Waals surface area contributed by atoms with Crippen LogP contribution in [-0.2, 0) is 6.18 Å². The van der Waals surface area contributed by atoms with Crippen LogP contribution in [0.15, 0.2) is 36.4 Å². The fraction of sp³-hybridized carbons (Fsp3) is 0.455. The molecule has 2 aromatic carbocycles. The molecular formula is C22H27F3N2O3. The van der Waals surface area contributed by atoms with Crippen LogP contribution in [0.3, 0.4) is 0 Å². The number of alkyl halides is 3. The minimum atomic E-state index is -4.37. The van der Waals surface area contributed by atoms with E-state index in [2.05, 4.69) is 10.2 Å². The van der Waals surface area contributed by atoms with Crippen molar-refractivity contribution in [3.05, 3.63) is 53.1 Å². The van der Waals surface area contributed by atoms with Crippen LogP contribution in [0, 0.1) is 0 Å². The highest BCUT2D eigenvalue weighted by Gasteiger charge is 2.31. The van der Waals surface area contributed by atoms with E-state index in [4.69, 9.17) is 14.2 Å². The predicted molar refractivity (Wildman–Crippen MR) is 108 cm³/mol. The number of benzene rings is 2. The van der Waals surface area contributed by atoms with Crippen LogP contribution in [0.4, 0.5) is 13.2 Å². The topological polar surface area (TPSA) is 43.0 Å². The summed E-state index contributed by atoms with van der Waals surface area (Å²) < 4.78 is 55.6. The van der Waals surface area contributed by atoms with Crippen molar-refractivity contribution in [1.82, 2.24) is 10.2 Å². The zero-order chi connectivity index (χ0) is 21.7. The maximum atomic E-state index is 13.1. The number of halogens is 3. The monoisotopic (exact) mass is 424 g/mol. The number of ether oxygens (including phenoxy) is 3. The number of hydrogen-bond acceptors (Lipinski definition) is 5. The minimum Gasteiger partial charge on any atom is -0.493 e. The fourth-order valence-corrected chi connectivity index (χ4v) is 3.85. The molecule has 0 amide bonds. The molecule has 1 aliphatic rings. The second-order valence-corrected chi connectivity index (χ2v) is 7.12. The fourth-order valence-electron chi connectivity index (χ4n) is 3.85. The van der Waals surface area contributed by atoms with Gasteiger partial charge in [-0.1, -0.05) is 12.1 Å². The lowest BCUT2D eigenvalue weighted by atomic mass is 9.95.